The van der Waals surface area contributed by atoms with E-state index in [0.717, 1.165) is 32.5 Å². The fourth-order valence-corrected chi connectivity index (χ4v) is 3.22. The number of allylic oxidation sites excluding steroid dienone is 1. The van der Waals surface area contributed by atoms with Gasteiger partial charge < -0.3 is 5.11 Å². The summed E-state index contributed by atoms with van der Waals surface area (Å²) in [5.74, 6) is 0. The van der Waals surface area contributed by atoms with E-state index < -0.39 is 0 Å². The molecule has 0 spiro atoms. The van der Waals surface area contributed by atoms with Gasteiger partial charge in [-0.15, -0.1) is 0 Å². The van der Waals surface area contributed by atoms with E-state index in [4.69, 9.17) is 0 Å². The van der Waals surface area contributed by atoms with Crippen molar-refractivity contribution in [2.45, 2.75) is 19.4 Å². The summed E-state index contributed by atoms with van der Waals surface area (Å²) in [6.45, 7) is 3.36. The van der Waals surface area contributed by atoms with E-state index in [0.29, 0.717) is 6.61 Å². The second-order valence-corrected chi connectivity index (χ2v) is 5.34. The van der Waals surface area contributed by atoms with Crippen molar-refractivity contribution in [1.29, 1.82) is 0 Å². The first kappa shape index (κ1) is 11.0. The van der Waals surface area contributed by atoms with Crippen molar-refractivity contribution in [1.82, 2.24) is 4.90 Å². The van der Waals surface area contributed by atoms with Crippen LogP contribution in [-0.4, -0.2) is 29.7 Å². The molecule has 1 aromatic carbocycles. The summed E-state index contributed by atoms with van der Waals surface area (Å²) in [7, 11) is 0. The van der Waals surface area contributed by atoms with Crippen LogP contribution in [0.1, 0.15) is 18.4 Å². The maximum absolute atomic E-state index is 9.64. The zero-order valence-electron chi connectivity index (χ0n) is 10.1. The molecule has 2 nitrogen and oxygen atoms in total. The Morgan fingerprint density at radius 2 is 2.06 bits per heavy atom. The average molecular weight is 229 g/mol. The average Bonchev–Trinajstić information content (AvgIpc) is 2.87. The predicted octanol–water partition coefficient (Wildman–Crippen LogP) is 2.20. The summed E-state index contributed by atoms with van der Waals surface area (Å²) < 4.78 is 0. The molecule has 2 aliphatic rings. The van der Waals surface area contributed by atoms with Crippen molar-refractivity contribution >= 4 is 0 Å². The molecular weight excluding hydrogens is 210 g/mol. The van der Waals surface area contributed by atoms with Gasteiger partial charge in [0.15, 0.2) is 0 Å². The Labute approximate surface area is 103 Å². The normalized spacial score (nSPS) is 28.2. The number of aliphatic hydroxyl groups is 1. The first-order valence-corrected chi connectivity index (χ1v) is 6.39. The van der Waals surface area contributed by atoms with Crippen LogP contribution in [0.25, 0.3) is 0 Å². The Balaban J connectivity index is 1.72. The molecule has 1 aromatic rings. The van der Waals surface area contributed by atoms with Crippen LogP contribution in [0, 0.1) is 5.41 Å². The molecule has 1 unspecified atom stereocenters. The van der Waals surface area contributed by atoms with E-state index in [-0.39, 0.29) is 5.41 Å². The van der Waals surface area contributed by atoms with Gasteiger partial charge >= 0.3 is 0 Å². The van der Waals surface area contributed by atoms with Crippen LogP contribution in [0.5, 0.6) is 0 Å². The standard InChI is InChI=1S/C15H19NO/c17-12-15-8-4-7-14(15)10-16(11-15)9-13-5-2-1-3-6-13/h1-3,5-7,17H,4,8-12H2. The number of hydrogen-bond donors (Lipinski definition) is 1. The van der Waals surface area contributed by atoms with Gasteiger partial charge in [-0.2, -0.15) is 0 Å². The molecule has 1 saturated heterocycles. The SMILES string of the molecule is OCC12CCC=C1CN(Cc1ccccc1)C2. The lowest BCUT2D eigenvalue weighted by Gasteiger charge is -2.24. The summed E-state index contributed by atoms with van der Waals surface area (Å²) in [6.07, 6.45) is 4.61. The van der Waals surface area contributed by atoms with Crippen molar-refractivity contribution in [2.75, 3.05) is 19.7 Å². The highest BCUT2D eigenvalue weighted by atomic mass is 16.3. The van der Waals surface area contributed by atoms with Crippen LogP contribution in [-0.2, 0) is 6.54 Å². The minimum atomic E-state index is 0.0920. The van der Waals surface area contributed by atoms with Crippen molar-refractivity contribution in [3.63, 3.8) is 0 Å². The van der Waals surface area contributed by atoms with E-state index in [1.807, 2.05) is 0 Å². The molecule has 1 heterocycles. The predicted molar refractivity (Wildman–Crippen MR) is 68.6 cm³/mol. The number of hydrogen-bond acceptors (Lipinski definition) is 2. The molecule has 0 aromatic heterocycles. The number of likely N-dealkylation sites (tertiary alicyclic amines) is 1. The Bertz CT molecular complexity index is 426. The van der Waals surface area contributed by atoms with Gasteiger partial charge in [-0.3, -0.25) is 4.90 Å². The molecule has 1 atom stereocenters. The molecule has 0 saturated carbocycles. The lowest BCUT2D eigenvalue weighted by atomic mass is 9.85. The summed E-state index contributed by atoms with van der Waals surface area (Å²) in [5.41, 5.74) is 2.92. The van der Waals surface area contributed by atoms with E-state index in [1.54, 1.807) is 0 Å². The molecule has 1 aliphatic heterocycles. The van der Waals surface area contributed by atoms with Crippen LogP contribution in [0.3, 0.4) is 0 Å². The number of rotatable bonds is 3. The first-order chi connectivity index (χ1) is 8.32. The maximum atomic E-state index is 9.64. The maximum Gasteiger partial charge on any atom is 0.0537 e. The van der Waals surface area contributed by atoms with Crippen LogP contribution in [0.15, 0.2) is 42.0 Å². The van der Waals surface area contributed by atoms with Crippen LogP contribution in [0.4, 0.5) is 0 Å². The highest BCUT2D eigenvalue weighted by Crippen LogP contribution is 2.44. The van der Waals surface area contributed by atoms with E-state index >= 15 is 0 Å². The van der Waals surface area contributed by atoms with Crippen LogP contribution >= 0.6 is 0 Å². The fraction of sp³-hybridized carbons (Fsp3) is 0.467. The zero-order chi connectivity index (χ0) is 11.7. The minimum Gasteiger partial charge on any atom is -0.395 e. The molecule has 0 amide bonds. The monoisotopic (exact) mass is 229 g/mol. The number of benzene rings is 1. The second kappa shape index (κ2) is 4.28. The third-order valence-electron chi connectivity index (χ3n) is 4.17. The Morgan fingerprint density at radius 1 is 1.24 bits per heavy atom. The van der Waals surface area contributed by atoms with Gasteiger partial charge in [0.1, 0.15) is 0 Å². The van der Waals surface area contributed by atoms with Gasteiger partial charge in [0.05, 0.1) is 6.61 Å². The third-order valence-corrected chi connectivity index (χ3v) is 4.17. The van der Waals surface area contributed by atoms with Gasteiger partial charge in [-0.05, 0) is 18.4 Å². The zero-order valence-corrected chi connectivity index (χ0v) is 10.1. The lowest BCUT2D eigenvalue weighted by Crippen LogP contribution is -2.29. The molecule has 17 heavy (non-hydrogen) atoms. The topological polar surface area (TPSA) is 23.5 Å². The molecule has 1 N–H and O–H groups in total. The Hall–Kier alpha value is -1.12. The lowest BCUT2D eigenvalue weighted by molar-refractivity contribution is 0.146. The van der Waals surface area contributed by atoms with Gasteiger partial charge in [0, 0.05) is 25.0 Å². The second-order valence-electron chi connectivity index (χ2n) is 5.34. The van der Waals surface area contributed by atoms with E-state index in [9.17, 15) is 5.11 Å². The Morgan fingerprint density at radius 3 is 2.76 bits per heavy atom. The van der Waals surface area contributed by atoms with Gasteiger partial charge in [0.25, 0.3) is 0 Å². The molecule has 1 aliphatic carbocycles. The number of aliphatic hydroxyl groups excluding tert-OH is 1. The van der Waals surface area contributed by atoms with Crippen molar-refractivity contribution in [3.05, 3.63) is 47.5 Å². The van der Waals surface area contributed by atoms with Crippen LogP contribution < -0.4 is 0 Å². The molecular formula is C15H19NO. The van der Waals surface area contributed by atoms with Crippen molar-refractivity contribution in [3.8, 4) is 0 Å². The Kier molecular flexibility index (Phi) is 2.77. The third kappa shape index (κ3) is 1.92. The van der Waals surface area contributed by atoms with Gasteiger partial charge in [0.2, 0.25) is 0 Å². The summed E-state index contributed by atoms with van der Waals surface area (Å²) in [4.78, 5) is 2.45. The quantitative estimate of drug-likeness (QED) is 0.803. The van der Waals surface area contributed by atoms with Gasteiger partial charge in [-0.25, -0.2) is 0 Å². The summed E-state index contributed by atoms with van der Waals surface area (Å²) in [6, 6.07) is 10.6. The molecule has 2 heteroatoms. The highest BCUT2D eigenvalue weighted by Gasteiger charge is 2.43. The molecule has 0 bridgehead atoms. The molecule has 3 rings (SSSR count). The van der Waals surface area contributed by atoms with Gasteiger partial charge in [-0.1, -0.05) is 42.0 Å². The summed E-state index contributed by atoms with van der Waals surface area (Å²) in [5, 5.41) is 9.64. The molecule has 0 radical (unpaired) electrons. The van der Waals surface area contributed by atoms with E-state index in [2.05, 4.69) is 41.3 Å². The highest BCUT2D eigenvalue weighted by molar-refractivity contribution is 5.28. The minimum absolute atomic E-state index is 0.0920. The van der Waals surface area contributed by atoms with Crippen molar-refractivity contribution < 1.29 is 5.11 Å². The van der Waals surface area contributed by atoms with Crippen molar-refractivity contribution in [2.24, 2.45) is 5.41 Å². The smallest absolute Gasteiger partial charge is 0.0537 e. The summed E-state index contributed by atoms with van der Waals surface area (Å²) >= 11 is 0. The van der Waals surface area contributed by atoms with Crippen LogP contribution in [0.2, 0.25) is 0 Å². The molecule has 90 valence electrons. The van der Waals surface area contributed by atoms with E-state index in [1.165, 1.54) is 11.1 Å². The number of nitrogens with zero attached hydrogens (tertiary/aromatic N) is 1. The largest absolute Gasteiger partial charge is 0.395 e. The first-order valence-electron chi connectivity index (χ1n) is 6.39. The fourth-order valence-electron chi connectivity index (χ4n) is 3.22. The number of fused-ring (bicyclic) bond motifs is 1. The molecule has 1 fully saturated rings.